The molecule has 1 heterocycles. The summed E-state index contributed by atoms with van der Waals surface area (Å²) in [6.45, 7) is 1.72. The molecule has 1 aliphatic carbocycles. The van der Waals surface area contributed by atoms with Crippen molar-refractivity contribution in [3.8, 4) is 0 Å². The van der Waals surface area contributed by atoms with Crippen molar-refractivity contribution < 1.29 is 14.0 Å². The van der Waals surface area contributed by atoms with Crippen LogP contribution < -0.4 is 16.0 Å². The number of benzene rings is 2. The van der Waals surface area contributed by atoms with Gasteiger partial charge in [-0.25, -0.2) is 4.79 Å². The van der Waals surface area contributed by atoms with Crippen LogP contribution in [-0.2, 0) is 4.79 Å². The molecule has 1 unspecified atom stereocenters. The van der Waals surface area contributed by atoms with Gasteiger partial charge in [-0.05, 0) is 44.0 Å². The summed E-state index contributed by atoms with van der Waals surface area (Å²) < 4.78 is 5.80. The van der Waals surface area contributed by atoms with E-state index in [9.17, 15) is 9.59 Å². The number of carbonyl (C=O) groups excluding carboxylic acids is 2. The second kappa shape index (κ2) is 6.12. The molecule has 128 valence electrons. The van der Waals surface area contributed by atoms with Crippen LogP contribution >= 0.6 is 0 Å². The molecule has 1 saturated carbocycles. The Morgan fingerprint density at radius 2 is 1.84 bits per heavy atom. The van der Waals surface area contributed by atoms with Crippen molar-refractivity contribution in [1.29, 1.82) is 0 Å². The molecule has 3 aromatic rings. The van der Waals surface area contributed by atoms with E-state index >= 15 is 0 Å². The smallest absolute Gasteiger partial charge is 0.321 e. The Morgan fingerprint density at radius 1 is 1.08 bits per heavy atom. The molecule has 0 spiro atoms. The summed E-state index contributed by atoms with van der Waals surface area (Å²) in [5.74, 6) is -0.365. The zero-order valence-corrected chi connectivity index (χ0v) is 13.8. The molecule has 6 nitrogen and oxygen atoms in total. The first kappa shape index (κ1) is 15.5. The summed E-state index contributed by atoms with van der Waals surface area (Å²) in [6.07, 6.45) is 1.96. The van der Waals surface area contributed by atoms with Crippen molar-refractivity contribution in [3.63, 3.8) is 0 Å². The number of rotatable bonds is 4. The molecule has 1 aliphatic rings. The first-order valence-corrected chi connectivity index (χ1v) is 8.39. The highest BCUT2D eigenvalue weighted by Gasteiger charge is 2.25. The van der Waals surface area contributed by atoms with E-state index in [2.05, 4.69) is 16.0 Å². The van der Waals surface area contributed by atoms with Gasteiger partial charge < -0.3 is 15.1 Å². The number of hydrogen-bond donors (Lipinski definition) is 3. The number of nitrogens with one attached hydrogen (secondary N) is 3. The van der Waals surface area contributed by atoms with Crippen LogP contribution in [0.3, 0.4) is 0 Å². The predicted octanol–water partition coefficient (Wildman–Crippen LogP) is 3.37. The number of anilines is 1. The fourth-order valence-corrected chi connectivity index (χ4v) is 2.80. The van der Waals surface area contributed by atoms with Gasteiger partial charge in [-0.15, -0.1) is 0 Å². The summed E-state index contributed by atoms with van der Waals surface area (Å²) in [7, 11) is 0. The second-order valence-electron chi connectivity index (χ2n) is 6.41. The highest BCUT2D eigenvalue weighted by Crippen LogP contribution is 2.30. The van der Waals surface area contributed by atoms with E-state index in [-0.39, 0.29) is 11.9 Å². The third-order valence-electron chi connectivity index (χ3n) is 4.30. The van der Waals surface area contributed by atoms with Crippen molar-refractivity contribution in [2.24, 2.45) is 0 Å². The van der Waals surface area contributed by atoms with E-state index < -0.39 is 12.1 Å². The number of urea groups is 1. The molecule has 0 bridgehead atoms. The minimum Gasteiger partial charge on any atom is -0.456 e. The van der Waals surface area contributed by atoms with E-state index in [1.54, 1.807) is 6.92 Å². The summed E-state index contributed by atoms with van der Waals surface area (Å²) in [5.41, 5.74) is 2.43. The lowest BCUT2D eigenvalue weighted by Crippen LogP contribution is -2.46. The van der Waals surface area contributed by atoms with Gasteiger partial charge in [0.15, 0.2) is 0 Å². The van der Waals surface area contributed by atoms with Crippen molar-refractivity contribution in [2.75, 3.05) is 5.32 Å². The maximum Gasteiger partial charge on any atom is 0.321 e. The Balaban J connectivity index is 1.48. The van der Waals surface area contributed by atoms with Crippen LogP contribution in [0.25, 0.3) is 21.9 Å². The van der Waals surface area contributed by atoms with Crippen LogP contribution in [0.5, 0.6) is 0 Å². The van der Waals surface area contributed by atoms with Crippen LogP contribution in [-0.4, -0.2) is 24.0 Å². The Kier molecular flexibility index (Phi) is 3.80. The Morgan fingerprint density at radius 3 is 2.64 bits per heavy atom. The van der Waals surface area contributed by atoms with Crippen LogP contribution in [0, 0.1) is 0 Å². The van der Waals surface area contributed by atoms with Gasteiger partial charge >= 0.3 is 6.03 Å². The molecule has 3 amide bonds. The third kappa shape index (κ3) is 3.28. The standard InChI is InChI=1S/C19H19N3O3/c1-11(18(23)22-19(24)21-12-6-7-12)20-13-8-9-17-15(10-13)14-4-2-3-5-16(14)25-17/h2-5,8-12,20H,6-7H2,1H3,(H2,21,22,23,24). The Labute approximate surface area is 144 Å². The molecule has 0 radical (unpaired) electrons. The lowest BCUT2D eigenvalue weighted by atomic mass is 10.1. The highest BCUT2D eigenvalue weighted by atomic mass is 16.3. The maximum atomic E-state index is 12.1. The fourth-order valence-electron chi connectivity index (χ4n) is 2.80. The zero-order chi connectivity index (χ0) is 17.4. The van der Waals surface area contributed by atoms with Crippen LogP contribution in [0.1, 0.15) is 19.8 Å². The van der Waals surface area contributed by atoms with Crippen LogP contribution in [0.4, 0.5) is 10.5 Å². The summed E-state index contributed by atoms with van der Waals surface area (Å²) in [6, 6.07) is 12.8. The summed E-state index contributed by atoms with van der Waals surface area (Å²) in [4.78, 5) is 23.8. The van der Waals surface area contributed by atoms with Crippen LogP contribution in [0.15, 0.2) is 46.9 Å². The minimum absolute atomic E-state index is 0.216. The van der Waals surface area contributed by atoms with Gasteiger partial charge in [0.2, 0.25) is 5.91 Å². The van der Waals surface area contributed by atoms with E-state index in [4.69, 9.17) is 4.42 Å². The molecule has 25 heavy (non-hydrogen) atoms. The molecule has 2 aromatic carbocycles. The normalized spacial score (nSPS) is 15.1. The molecular weight excluding hydrogens is 318 g/mol. The Bertz CT molecular complexity index is 959. The number of carbonyl (C=O) groups is 2. The molecule has 1 fully saturated rings. The summed E-state index contributed by atoms with van der Waals surface area (Å²) in [5, 5.41) is 10.2. The zero-order valence-electron chi connectivity index (χ0n) is 13.8. The SMILES string of the molecule is CC(Nc1ccc2oc3ccccc3c2c1)C(=O)NC(=O)NC1CC1. The molecule has 0 aliphatic heterocycles. The number of hydrogen-bond acceptors (Lipinski definition) is 4. The predicted molar refractivity (Wildman–Crippen MR) is 96.5 cm³/mol. The minimum atomic E-state index is -0.541. The number of fused-ring (bicyclic) bond motifs is 3. The highest BCUT2D eigenvalue weighted by molar-refractivity contribution is 6.06. The van der Waals surface area contributed by atoms with Gasteiger partial charge in [-0.2, -0.15) is 0 Å². The van der Waals surface area contributed by atoms with Gasteiger partial charge in [-0.1, -0.05) is 18.2 Å². The van der Waals surface area contributed by atoms with Gasteiger partial charge in [0.1, 0.15) is 17.2 Å². The number of amides is 3. The lowest BCUT2D eigenvalue weighted by molar-refractivity contribution is -0.120. The summed E-state index contributed by atoms with van der Waals surface area (Å²) >= 11 is 0. The van der Waals surface area contributed by atoms with Crippen molar-refractivity contribution in [3.05, 3.63) is 42.5 Å². The molecule has 6 heteroatoms. The first-order valence-electron chi connectivity index (χ1n) is 8.39. The fraction of sp³-hybridized carbons (Fsp3) is 0.263. The number of para-hydroxylation sites is 1. The largest absolute Gasteiger partial charge is 0.456 e. The average molecular weight is 337 g/mol. The maximum absolute atomic E-state index is 12.1. The van der Waals surface area contributed by atoms with Crippen molar-refractivity contribution in [2.45, 2.75) is 31.8 Å². The monoisotopic (exact) mass is 337 g/mol. The molecular formula is C19H19N3O3. The first-order chi connectivity index (χ1) is 12.1. The van der Waals surface area contributed by atoms with Gasteiger partial charge in [0.05, 0.1) is 0 Å². The van der Waals surface area contributed by atoms with E-state index in [0.29, 0.717) is 0 Å². The number of furan rings is 1. The van der Waals surface area contributed by atoms with E-state index in [0.717, 1.165) is 40.5 Å². The van der Waals surface area contributed by atoms with E-state index in [1.807, 2.05) is 42.5 Å². The third-order valence-corrected chi connectivity index (χ3v) is 4.30. The number of imide groups is 1. The average Bonchev–Trinajstić information content (AvgIpc) is 3.33. The van der Waals surface area contributed by atoms with Gasteiger partial charge in [-0.3, -0.25) is 10.1 Å². The quantitative estimate of drug-likeness (QED) is 0.681. The van der Waals surface area contributed by atoms with E-state index in [1.165, 1.54) is 0 Å². The van der Waals surface area contributed by atoms with Crippen molar-refractivity contribution in [1.82, 2.24) is 10.6 Å². The topological polar surface area (TPSA) is 83.4 Å². The molecule has 1 aromatic heterocycles. The van der Waals surface area contributed by atoms with Gasteiger partial charge in [0.25, 0.3) is 0 Å². The molecule has 3 N–H and O–H groups in total. The lowest BCUT2D eigenvalue weighted by Gasteiger charge is -2.15. The molecule has 1 atom stereocenters. The second-order valence-corrected chi connectivity index (χ2v) is 6.41. The molecule has 4 rings (SSSR count). The van der Waals surface area contributed by atoms with Crippen LogP contribution in [0.2, 0.25) is 0 Å². The van der Waals surface area contributed by atoms with Gasteiger partial charge in [0, 0.05) is 22.5 Å². The van der Waals surface area contributed by atoms with Crippen molar-refractivity contribution >= 4 is 39.6 Å². The molecule has 0 saturated heterocycles. The Hall–Kier alpha value is -3.02.